The van der Waals surface area contributed by atoms with Gasteiger partial charge < -0.3 is 5.32 Å². The first-order chi connectivity index (χ1) is 8.15. The van der Waals surface area contributed by atoms with Gasteiger partial charge in [-0.05, 0) is 31.0 Å². The van der Waals surface area contributed by atoms with Crippen LogP contribution in [0.15, 0.2) is 29.2 Å². The van der Waals surface area contributed by atoms with Gasteiger partial charge in [-0.1, -0.05) is 26.8 Å². The zero-order valence-electron chi connectivity index (χ0n) is 10.8. The van der Waals surface area contributed by atoms with Crippen molar-refractivity contribution in [3.8, 4) is 0 Å². The number of rotatable bonds is 6. The van der Waals surface area contributed by atoms with Gasteiger partial charge in [-0.25, -0.2) is 0 Å². The van der Waals surface area contributed by atoms with Crippen LogP contribution in [-0.2, 0) is 4.79 Å². The summed E-state index contributed by atoms with van der Waals surface area (Å²) in [5, 5.41) is 3.53. The van der Waals surface area contributed by atoms with Crippen LogP contribution in [-0.4, -0.2) is 11.2 Å². The van der Waals surface area contributed by atoms with E-state index in [2.05, 4.69) is 25.2 Å². The third-order valence-electron chi connectivity index (χ3n) is 2.51. The molecule has 0 saturated carbocycles. The normalized spacial score (nSPS) is 12.2. The first-order valence-electron chi connectivity index (χ1n) is 6.22. The minimum Gasteiger partial charge on any atom is -0.326 e. The number of hydrogen-bond donors (Lipinski definition) is 1. The maximum absolute atomic E-state index is 11.5. The first-order valence-corrected chi connectivity index (χ1v) is 7.10. The predicted octanol–water partition coefficient (Wildman–Crippen LogP) is 4.32. The van der Waals surface area contributed by atoms with Gasteiger partial charge in [0, 0.05) is 22.3 Å². The van der Waals surface area contributed by atoms with Crippen LogP contribution in [0.1, 0.15) is 40.0 Å². The van der Waals surface area contributed by atoms with Gasteiger partial charge in [0.2, 0.25) is 5.91 Å². The molecule has 1 amide bonds. The highest BCUT2D eigenvalue weighted by atomic mass is 32.2. The molecule has 0 bridgehead atoms. The molecule has 0 heterocycles. The average Bonchev–Trinajstić information content (AvgIpc) is 2.29. The third-order valence-corrected chi connectivity index (χ3v) is 3.77. The van der Waals surface area contributed by atoms with Crippen molar-refractivity contribution in [3.05, 3.63) is 24.3 Å². The molecular formula is C14H21NOS. The number of thioether (sulfide) groups is 1. The molecule has 1 atom stereocenters. The Morgan fingerprint density at radius 3 is 2.82 bits per heavy atom. The lowest BCUT2D eigenvalue weighted by Crippen LogP contribution is -2.10. The van der Waals surface area contributed by atoms with E-state index in [0.29, 0.717) is 11.7 Å². The Morgan fingerprint density at radius 1 is 1.41 bits per heavy atom. The van der Waals surface area contributed by atoms with Crippen molar-refractivity contribution in [3.63, 3.8) is 0 Å². The molecule has 0 saturated heterocycles. The van der Waals surface area contributed by atoms with Crippen LogP contribution in [0.5, 0.6) is 0 Å². The monoisotopic (exact) mass is 251 g/mol. The number of amides is 1. The zero-order chi connectivity index (χ0) is 12.7. The van der Waals surface area contributed by atoms with Gasteiger partial charge in [0.05, 0.1) is 0 Å². The van der Waals surface area contributed by atoms with E-state index in [-0.39, 0.29) is 5.91 Å². The molecule has 94 valence electrons. The minimum atomic E-state index is 0.0955. The van der Waals surface area contributed by atoms with E-state index >= 15 is 0 Å². The second kappa shape index (κ2) is 7.38. The molecule has 0 aliphatic heterocycles. The molecule has 0 spiro atoms. The molecule has 0 aliphatic carbocycles. The standard InChI is InChI=1S/C14H21NOS/c1-4-7-14(16)15-12-8-6-9-13(10-12)17-11(3)5-2/h6,8-11H,4-5,7H2,1-3H3,(H,15,16). The number of hydrogen-bond acceptors (Lipinski definition) is 2. The lowest BCUT2D eigenvalue weighted by atomic mass is 10.3. The summed E-state index contributed by atoms with van der Waals surface area (Å²) in [5.41, 5.74) is 0.900. The molecule has 0 aromatic heterocycles. The van der Waals surface area contributed by atoms with Crippen LogP contribution < -0.4 is 5.32 Å². The van der Waals surface area contributed by atoms with Crippen molar-refractivity contribution in [2.45, 2.75) is 50.2 Å². The summed E-state index contributed by atoms with van der Waals surface area (Å²) in [6.45, 7) is 6.41. The number of anilines is 1. The lowest BCUT2D eigenvalue weighted by molar-refractivity contribution is -0.116. The molecule has 0 aliphatic rings. The molecule has 1 unspecified atom stereocenters. The van der Waals surface area contributed by atoms with Crippen LogP contribution in [0.2, 0.25) is 0 Å². The Labute approximate surface area is 108 Å². The van der Waals surface area contributed by atoms with Crippen LogP contribution in [0.25, 0.3) is 0 Å². The Kier molecular flexibility index (Phi) is 6.12. The van der Waals surface area contributed by atoms with Crippen molar-refractivity contribution in [2.75, 3.05) is 5.32 Å². The van der Waals surface area contributed by atoms with Crippen LogP contribution in [0.4, 0.5) is 5.69 Å². The van der Waals surface area contributed by atoms with Crippen molar-refractivity contribution in [2.24, 2.45) is 0 Å². The highest BCUT2D eigenvalue weighted by Crippen LogP contribution is 2.27. The maximum Gasteiger partial charge on any atom is 0.224 e. The predicted molar refractivity (Wildman–Crippen MR) is 75.6 cm³/mol. The first kappa shape index (κ1) is 14.1. The van der Waals surface area contributed by atoms with Crippen molar-refractivity contribution < 1.29 is 4.79 Å². The number of benzene rings is 1. The van der Waals surface area contributed by atoms with E-state index in [9.17, 15) is 4.79 Å². The summed E-state index contributed by atoms with van der Waals surface area (Å²) in [5.74, 6) is 0.0955. The average molecular weight is 251 g/mol. The van der Waals surface area contributed by atoms with E-state index in [0.717, 1.165) is 18.5 Å². The number of carbonyl (C=O) groups excluding carboxylic acids is 1. The lowest BCUT2D eigenvalue weighted by Gasteiger charge is -2.10. The Bertz CT molecular complexity index is 365. The topological polar surface area (TPSA) is 29.1 Å². The third kappa shape index (κ3) is 5.26. The molecule has 17 heavy (non-hydrogen) atoms. The molecule has 1 N–H and O–H groups in total. The van der Waals surface area contributed by atoms with E-state index in [1.54, 1.807) is 0 Å². The summed E-state index contributed by atoms with van der Waals surface area (Å²) in [7, 11) is 0. The van der Waals surface area contributed by atoms with Gasteiger partial charge >= 0.3 is 0 Å². The fourth-order valence-electron chi connectivity index (χ4n) is 1.41. The molecule has 1 aromatic rings. The summed E-state index contributed by atoms with van der Waals surface area (Å²) < 4.78 is 0. The molecule has 1 aromatic carbocycles. The Hall–Kier alpha value is -0.960. The van der Waals surface area contributed by atoms with E-state index in [1.807, 2.05) is 36.9 Å². The van der Waals surface area contributed by atoms with E-state index < -0.39 is 0 Å². The zero-order valence-corrected chi connectivity index (χ0v) is 11.6. The van der Waals surface area contributed by atoms with E-state index in [1.165, 1.54) is 4.90 Å². The van der Waals surface area contributed by atoms with E-state index in [4.69, 9.17) is 0 Å². The van der Waals surface area contributed by atoms with Crippen molar-refractivity contribution in [1.82, 2.24) is 0 Å². The Balaban J connectivity index is 2.62. The quantitative estimate of drug-likeness (QED) is 0.763. The summed E-state index contributed by atoms with van der Waals surface area (Å²) in [4.78, 5) is 12.7. The van der Waals surface area contributed by atoms with Crippen LogP contribution in [0, 0.1) is 0 Å². The molecule has 0 fully saturated rings. The fraction of sp³-hybridized carbons (Fsp3) is 0.500. The molecule has 2 nitrogen and oxygen atoms in total. The minimum absolute atomic E-state index is 0.0955. The second-order valence-corrected chi connectivity index (χ2v) is 5.67. The Morgan fingerprint density at radius 2 is 2.18 bits per heavy atom. The van der Waals surface area contributed by atoms with Crippen LogP contribution in [0.3, 0.4) is 0 Å². The molecule has 1 rings (SSSR count). The van der Waals surface area contributed by atoms with Gasteiger partial charge in [-0.2, -0.15) is 0 Å². The van der Waals surface area contributed by atoms with Crippen LogP contribution >= 0.6 is 11.8 Å². The largest absolute Gasteiger partial charge is 0.326 e. The summed E-state index contributed by atoms with van der Waals surface area (Å²) in [6.07, 6.45) is 2.62. The number of carbonyl (C=O) groups is 1. The van der Waals surface area contributed by atoms with Gasteiger partial charge in [0.15, 0.2) is 0 Å². The SMILES string of the molecule is CCCC(=O)Nc1cccc(SC(C)CC)c1. The molecular weight excluding hydrogens is 230 g/mol. The summed E-state index contributed by atoms with van der Waals surface area (Å²) >= 11 is 1.85. The molecule has 3 heteroatoms. The highest BCUT2D eigenvalue weighted by Gasteiger charge is 2.04. The fourth-order valence-corrected chi connectivity index (χ4v) is 2.40. The van der Waals surface area contributed by atoms with Gasteiger partial charge in [-0.15, -0.1) is 11.8 Å². The highest BCUT2D eigenvalue weighted by molar-refractivity contribution is 7.99. The number of nitrogens with one attached hydrogen (secondary N) is 1. The molecule has 0 radical (unpaired) electrons. The smallest absolute Gasteiger partial charge is 0.224 e. The van der Waals surface area contributed by atoms with Crippen molar-refractivity contribution >= 4 is 23.4 Å². The van der Waals surface area contributed by atoms with Gasteiger partial charge in [0.1, 0.15) is 0 Å². The summed E-state index contributed by atoms with van der Waals surface area (Å²) in [6, 6.07) is 8.07. The van der Waals surface area contributed by atoms with Gasteiger partial charge in [-0.3, -0.25) is 4.79 Å². The van der Waals surface area contributed by atoms with Gasteiger partial charge in [0.25, 0.3) is 0 Å². The van der Waals surface area contributed by atoms with Crippen molar-refractivity contribution in [1.29, 1.82) is 0 Å². The second-order valence-electron chi connectivity index (χ2n) is 4.16. The maximum atomic E-state index is 11.5.